The third-order valence-corrected chi connectivity index (χ3v) is 8.35. The molecule has 1 heterocycles. The Labute approximate surface area is 218 Å². The number of phosphoric acid groups is 1. The Bertz CT molecular complexity index is 557. The summed E-state index contributed by atoms with van der Waals surface area (Å²) in [6.07, 6.45) is 29.2. The number of allylic oxidation sites excluding steroid dienone is 2. The van der Waals surface area contributed by atoms with Gasteiger partial charge in [-0.05, 0) is 32.1 Å². The van der Waals surface area contributed by atoms with Gasteiger partial charge in [0.1, 0.15) is 0 Å². The van der Waals surface area contributed by atoms with Crippen molar-refractivity contribution in [2.45, 2.75) is 141 Å². The zero-order chi connectivity index (χ0) is 25.7. The van der Waals surface area contributed by atoms with Crippen molar-refractivity contribution in [2.75, 3.05) is 33.8 Å². The molecule has 1 rings (SSSR count). The maximum Gasteiger partial charge on any atom is 0.268 e. The fraction of sp³-hybridized carbons (Fsp3) is 0.931. The van der Waals surface area contributed by atoms with Crippen LogP contribution in [0.2, 0.25) is 0 Å². The van der Waals surface area contributed by atoms with Crippen molar-refractivity contribution >= 4 is 7.82 Å². The van der Waals surface area contributed by atoms with Crippen LogP contribution in [0.4, 0.5) is 0 Å². The van der Waals surface area contributed by atoms with E-state index in [2.05, 4.69) is 33.2 Å². The van der Waals surface area contributed by atoms with E-state index in [0.717, 1.165) is 49.7 Å². The van der Waals surface area contributed by atoms with Crippen LogP contribution in [0, 0.1) is 0 Å². The molecule has 1 saturated heterocycles. The monoisotopic (exact) mass is 515 g/mol. The minimum atomic E-state index is -4.16. The smallest absolute Gasteiger partial charge is 0.268 e. The number of quaternary nitrogens is 1. The van der Waals surface area contributed by atoms with Crippen molar-refractivity contribution < 1.29 is 23.0 Å². The van der Waals surface area contributed by atoms with Crippen LogP contribution in [0.5, 0.6) is 0 Å². The average Bonchev–Trinajstić information content (AvgIpc) is 2.81. The summed E-state index contributed by atoms with van der Waals surface area (Å²) in [4.78, 5) is 12.0. The Kier molecular flexibility index (Phi) is 19.5. The van der Waals surface area contributed by atoms with E-state index in [0.29, 0.717) is 0 Å². The lowest BCUT2D eigenvalue weighted by atomic mass is 10.1. The van der Waals surface area contributed by atoms with Gasteiger partial charge in [-0.25, -0.2) is 0 Å². The van der Waals surface area contributed by atoms with Gasteiger partial charge in [0.15, 0.2) is 0 Å². The molecule has 0 bridgehead atoms. The standard InChI is InChI=1S/C29H58NO4P/c1-4-5-6-7-8-9-10-11-12-13-14-15-16-17-18-19-20-21-22-23-28-33-35(31,32)34-29-24-26-30(2,3)27-25-29/h11-12,29H,4-10,13-28H2,1-3H3/b12-11-. The summed E-state index contributed by atoms with van der Waals surface area (Å²) in [6, 6.07) is 0. The van der Waals surface area contributed by atoms with Crippen LogP contribution in [0.15, 0.2) is 12.2 Å². The summed E-state index contributed by atoms with van der Waals surface area (Å²) in [6.45, 7) is 4.42. The van der Waals surface area contributed by atoms with Crippen molar-refractivity contribution in [3.63, 3.8) is 0 Å². The molecule has 0 spiro atoms. The minimum absolute atomic E-state index is 0.212. The molecule has 0 amide bonds. The predicted octanol–water partition coefficient (Wildman–Crippen LogP) is 8.32. The molecule has 0 N–H and O–H groups in total. The number of nitrogens with zero attached hydrogens (tertiary/aromatic N) is 1. The Morgan fingerprint density at radius 1 is 0.743 bits per heavy atom. The van der Waals surface area contributed by atoms with E-state index in [4.69, 9.17) is 9.05 Å². The molecule has 0 radical (unpaired) electrons. The van der Waals surface area contributed by atoms with Gasteiger partial charge < -0.3 is 18.4 Å². The van der Waals surface area contributed by atoms with Gasteiger partial charge in [-0.15, -0.1) is 0 Å². The van der Waals surface area contributed by atoms with Gasteiger partial charge in [-0.2, -0.15) is 0 Å². The van der Waals surface area contributed by atoms with E-state index < -0.39 is 7.82 Å². The number of piperidine rings is 1. The van der Waals surface area contributed by atoms with Gasteiger partial charge in [0, 0.05) is 12.8 Å². The van der Waals surface area contributed by atoms with Crippen molar-refractivity contribution in [1.29, 1.82) is 0 Å². The number of hydrogen-bond donors (Lipinski definition) is 0. The van der Waals surface area contributed by atoms with Gasteiger partial charge >= 0.3 is 0 Å². The Morgan fingerprint density at radius 3 is 1.66 bits per heavy atom. The Morgan fingerprint density at radius 2 is 1.17 bits per heavy atom. The lowest BCUT2D eigenvalue weighted by molar-refractivity contribution is -0.896. The van der Waals surface area contributed by atoms with Gasteiger partial charge in [-0.3, -0.25) is 4.57 Å². The first-order chi connectivity index (χ1) is 16.8. The summed E-state index contributed by atoms with van der Waals surface area (Å²) >= 11 is 0. The molecular formula is C29H58NO4P. The van der Waals surface area contributed by atoms with Crippen molar-refractivity contribution in [2.24, 2.45) is 0 Å². The van der Waals surface area contributed by atoms with E-state index in [1.54, 1.807) is 0 Å². The maximum absolute atomic E-state index is 12.0. The van der Waals surface area contributed by atoms with Gasteiger partial charge in [0.05, 0.1) is 39.9 Å². The summed E-state index contributed by atoms with van der Waals surface area (Å²) in [7, 11) is 0.177. The second-order valence-electron chi connectivity index (χ2n) is 11.3. The van der Waals surface area contributed by atoms with Crippen LogP contribution in [-0.2, 0) is 13.6 Å². The highest BCUT2D eigenvalue weighted by atomic mass is 31.2. The molecule has 1 aliphatic rings. The first-order valence-electron chi connectivity index (χ1n) is 15.0. The van der Waals surface area contributed by atoms with E-state index in [-0.39, 0.29) is 12.7 Å². The van der Waals surface area contributed by atoms with Crippen LogP contribution in [-0.4, -0.2) is 44.4 Å². The van der Waals surface area contributed by atoms with Gasteiger partial charge in [-0.1, -0.05) is 103 Å². The molecule has 0 aliphatic carbocycles. The highest BCUT2D eigenvalue weighted by Gasteiger charge is 2.29. The molecule has 1 fully saturated rings. The van der Waals surface area contributed by atoms with Crippen molar-refractivity contribution in [1.82, 2.24) is 0 Å². The molecule has 208 valence electrons. The van der Waals surface area contributed by atoms with Crippen LogP contribution in [0.25, 0.3) is 0 Å². The van der Waals surface area contributed by atoms with E-state index in [1.807, 2.05) is 0 Å². The second kappa shape index (κ2) is 20.8. The molecule has 6 heteroatoms. The quantitative estimate of drug-likeness (QED) is 0.0594. The molecule has 0 aromatic heterocycles. The Hall–Kier alpha value is -0.190. The number of unbranched alkanes of at least 4 members (excludes halogenated alkanes) is 16. The average molecular weight is 516 g/mol. The van der Waals surface area contributed by atoms with Crippen LogP contribution in [0.1, 0.15) is 135 Å². The first-order valence-corrected chi connectivity index (χ1v) is 16.4. The lowest BCUT2D eigenvalue weighted by Crippen LogP contribution is -2.48. The molecule has 1 aliphatic heterocycles. The van der Waals surface area contributed by atoms with Crippen LogP contribution < -0.4 is 4.89 Å². The maximum atomic E-state index is 12.0. The zero-order valence-electron chi connectivity index (χ0n) is 23.5. The lowest BCUT2D eigenvalue weighted by Gasteiger charge is -2.38. The second-order valence-corrected chi connectivity index (χ2v) is 12.7. The highest BCUT2D eigenvalue weighted by molar-refractivity contribution is 7.45. The Balaban J connectivity index is 1.81. The SMILES string of the molecule is CCCCCCCC/C=C\CCCCCCCCCCCCOP(=O)([O-])OC1CC[N+](C)(C)CC1. The van der Waals surface area contributed by atoms with Crippen molar-refractivity contribution in [3.05, 3.63) is 12.2 Å². The van der Waals surface area contributed by atoms with Crippen LogP contribution >= 0.6 is 7.82 Å². The number of hydrogen-bond acceptors (Lipinski definition) is 4. The molecular weight excluding hydrogens is 457 g/mol. The summed E-state index contributed by atoms with van der Waals surface area (Å²) in [5.74, 6) is 0. The van der Waals surface area contributed by atoms with E-state index in [9.17, 15) is 9.46 Å². The molecule has 35 heavy (non-hydrogen) atoms. The van der Waals surface area contributed by atoms with E-state index in [1.165, 1.54) is 96.3 Å². The largest absolute Gasteiger partial charge is 0.756 e. The third-order valence-electron chi connectivity index (χ3n) is 7.30. The summed E-state index contributed by atoms with van der Waals surface area (Å²) in [5, 5.41) is 0. The fourth-order valence-corrected chi connectivity index (χ4v) is 5.78. The molecule has 0 aromatic carbocycles. The van der Waals surface area contributed by atoms with Crippen LogP contribution in [0.3, 0.4) is 0 Å². The molecule has 0 aromatic rings. The number of phosphoric ester groups is 1. The third kappa shape index (κ3) is 20.5. The predicted molar refractivity (Wildman–Crippen MR) is 147 cm³/mol. The zero-order valence-corrected chi connectivity index (χ0v) is 24.4. The number of rotatable bonds is 23. The molecule has 5 nitrogen and oxygen atoms in total. The highest BCUT2D eigenvalue weighted by Crippen LogP contribution is 2.42. The van der Waals surface area contributed by atoms with Gasteiger partial charge in [0.2, 0.25) is 0 Å². The fourth-order valence-electron chi connectivity index (χ4n) is 4.79. The first kappa shape index (κ1) is 32.8. The minimum Gasteiger partial charge on any atom is -0.756 e. The summed E-state index contributed by atoms with van der Waals surface area (Å²) < 4.78 is 23.3. The van der Waals surface area contributed by atoms with Gasteiger partial charge in [0.25, 0.3) is 7.82 Å². The molecule has 1 unspecified atom stereocenters. The normalized spacial score (nSPS) is 18.3. The summed E-state index contributed by atoms with van der Waals surface area (Å²) in [5.41, 5.74) is 0. The molecule has 0 saturated carbocycles. The molecule has 1 atom stereocenters. The number of likely N-dealkylation sites (tertiary alicyclic amines) is 1. The van der Waals surface area contributed by atoms with Crippen molar-refractivity contribution in [3.8, 4) is 0 Å². The topological polar surface area (TPSA) is 58.6 Å². The van der Waals surface area contributed by atoms with E-state index >= 15 is 0 Å².